The summed E-state index contributed by atoms with van der Waals surface area (Å²) in [6, 6.07) is 3.15. The van der Waals surface area contributed by atoms with E-state index < -0.39 is 5.97 Å². The molecule has 1 aromatic carbocycles. The molecule has 1 rings (SSSR count). The Morgan fingerprint density at radius 2 is 2.13 bits per heavy atom. The maximum Gasteiger partial charge on any atom is 0.302 e. The van der Waals surface area contributed by atoms with Crippen LogP contribution in [0.2, 0.25) is 10.0 Å². The summed E-state index contributed by atoms with van der Waals surface area (Å²) in [5.41, 5.74) is 0.765. The third-order valence-electron chi connectivity index (χ3n) is 1.76. The van der Waals surface area contributed by atoms with Gasteiger partial charge in [0, 0.05) is 12.5 Å². The quantitative estimate of drug-likeness (QED) is 0.609. The lowest BCUT2D eigenvalue weighted by Crippen LogP contribution is -2.00. The molecule has 0 heterocycles. The molecule has 0 aliphatic heterocycles. The van der Waals surface area contributed by atoms with Crippen molar-refractivity contribution in [3.63, 3.8) is 0 Å². The van der Waals surface area contributed by atoms with Crippen LogP contribution in [0, 0.1) is 0 Å². The largest absolute Gasteiger partial charge is 0.461 e. The van der Waals surface area contributed by atoms with Crippen LogP contribution in [0.3, 0.4) is 0 Å². The number of benzene rings is 1. The van der Waals surface area contributed by atoms with Crippen molar-refractivity contribution in [2.24, 2.45) is 0 Å². The summed E-state index contributed by atoms with van der Waals surface area (Å²) in [7, 11) is 0. The molecule has 0 spiro atoms. The van der Waals surface area contributed by atoms with Crippen molar-refractivity contribution in [1.29, 1.82) is 0 Å². The van der Waals surface area contributed by atoms with E-state index in [1.54, 1.807) is 6.07 Å². The molecule has 0 saturated heterocycles. The Labute approximate surface area is 96.9 Å². The number of carbonyl (C=O) groups excluding carboxylic acids is 2. The van der Waals surface area contributed by atoms with Crippen LogP contribution in [0.25, 0.3) is 0 Å². The SMILES string of the molecule is CC(=O)OCc1ccc(Cl)c(C=O)c1Cl. The van der Waals surface area contributed by atoms with Crippen LogP contribution < -0.4 is 0 Å². The van der Waals surface area contributed by atoms with Gasteiger partial charge < -0.3 is 4.74 Å². The molecule has 0 N–H and O–H groups in total. The molecule has 1 aromatic rings. The molecule has 0 saturated carbocycles. The lowest BCUT2D eigenvalue weighted by atomic mass is 10.1. The first-order valence-corrected chi connectivity index (χ1v) is 4.87. The first kappa shape index (κ1) is 12.0. The molecule has 0 amide bonds. The first-order valence-electron chi connectivity index (χ1n) is 4.11. The van der Waals surface area contributed by atoms with Crippen molar-refractivity contribution >= 4 is 35.5 Å². The lowest BCUT2D eigenvalue weighted by Gasteiger charge is -2.07. The fraction of sp³-hybridized carbons (Fsp3) is 0.200. The van der Waals surface area contributed by atoms with Crippen LogP contribution in [0.15, 0.2) is 12.1 Å². The van der Waals surface area contributed by atoms with E-state index in [0.29, 0.717) is 11.8 Å². The molecule has 0 atom stereocenters. The van der Waals surface area contributed by atoms with Crippen LogP contribution in [0.1, 0.15) is 22.8 Å². The zero-order valence-corrected chi connectivity index (χ0v) is 9.43. The highest BCUT2D eigenvalue weighted by Crippen LogP contribution is 2.27. The third kappa shape index (κ3) is 2.94. The number of esters is 1. The molecule has 0 radical (unpaired) electrons. The summed E-state index contributed by atoms with van der Waals surface area (Å²) in [5.74, 6) is -0.409. The predicted octanol–water partition coefficient (Wildman–Crippen LogP) is 2.87. The van der Waals surface area contributed by atoms with E-state index in [1.807, 2.05) is 0 Å². The van der Waals surface area contributed by atoms with Crippen molar-refractivity contribution in [1.82, 2.24) is 0 Å². The van der Waals surface area contributed by atoms with Gasteiger partial charge in [0.1, 0.15) is 6.61 Å². The Morgan fingerprint density at radius 1 is 1.47 bits per heavy atom. The number of ether oxygens (including phenoxy) is 1. The molecule has 0 unspecified atom stereocenters. The van der Waals surface area contributed by atoms with E-state index >= 15 is 0 Å². The van der Waals surface area contributed by atoms with Gasteiger partial charge in [0.2, 0.25) is 0 Å². The Bertz CT molecular complexity index is 402. The second kappa shape index (κ2) is 5.14. The molecular formula is C10H8Cl2O3. The molecule has 80 valence electrons. The summed E-state index contributed by atoms with van der Waals surface area (Å²) < 4.78 is 4.77. The van der Waals surface area contributed by atoms with Gasteiger partial charge in [-0.25, -0.2) is 0 Å². The van der Waals surface area contributed by atoms with Crippen LogP contribution >= 0.6 is 23.2 Å². The minimum Gasteiger partial charge on any atom is -0.461 e. The average molecular weight is 247 g/mol. The number of hydrogen-bond acceptors (Lipinski definition) is 3. The molecule has 3 nitrogen and oxygen atoms in total. The van der Waals surface area contributed by atoms with Gasteiger partial charge in [0.15, 0.2) is 6.29 Å². The number of carbonyl (C=O) groups is 2. The van der Waals surface area contributed by atoms with E-state index in [0.717, 1.165) is 0 Å². The molecular weight excluding hydrogens is 239 g/mol. The van der Waals surface area contributed by atoms with Crippen molar-refractivity contribution in [2.75, 3.05) is 0 Å². The zero-order valence-electron chi connectivity index (χ0n) is 7.92. The first-order chi connectivity index (χ1) is 7.06. The highest BCUT2D eigenvalue weighted by Gasteiger charge is 2.10. The number of halogens is 2. The van der Waals surface area contributed by atoms with E-state index in [9.17, 15) is 9.59 Å². The normalized spacial score (nSPS) is 9.80. The van der Waals surface area contributed by atoms with Gasteiger partial charge in [0.25, 0.3) is 0 Å². The van der Waals surface area contributed by atoms with Crippen molar-refractivity contribution in [3.8, 4) is 0 Å². The Kier molecular flexibility index (Phi) is 4.12. The van der Waals surface area contributed by atoms with Crippen molar-refractivity contribution in [2.45, 2.75) is 13.5 Å². The number of aldehydes is 1. The lowest BCUT2D eigenvalue weighted by molar-refractivity contribution is -0.142. The molecule has 5 heteroatoms. The smallest absolute Gasteiger partial charge is 0.302 e. The summed E-state index contributed by atoms with van der Waals surface area (Å²) in [4.78, 5) is 21.3. The fourth-order valence-corrected chi connectivity index (χ4v) is 1.53. The topological polar surface area (TPSA) is 43.4 Å². The monoisotopic (exact) mass is 246 g/mol. The van der Waals surface area contributed by atoms with Crippen LogP contribution in [0.4, 0.5) is 0 Å². The molecule has 0 aromatic heterocycles. The molecule has 0 aliphatic carbocycles. The highest BCUT2D eigenvalue weighted by atomic mass is 35.5. The highest BCUT2D eigenvalue weighted by molar-refractivity contribution is 6.38. The van der Waals surface area contributed by atoms with Gasteiger partial charge in [-0.15, -0.1) is 0 Å². The van der Waals surface area contributed by atoms with Gasteiger partial charge in [-0.3, -0.25) is 9.59 Å². The maximum atomic E-state index is 10.7. The molecule has 15 heavy (non-hydrogen) atoms. The van der Waals surface area contributed by atoms with E-state index in [-0.39, 0.29) is 22.2 Å². The van der Waals surface area contributed by atoms with Crippen molar-refractivity contribution < 1.29 is 14.3 Å². The van der Waals surface area contributed by atoms with E-state index in [2.05, 4.69) is 0 Å². The fourth-order valence-electron chi connectivity index (χ4n) is 1.01. The summed E-state index contributed by atoms with van der Waals surface area (Å²) in [5, 5.41) is 0.500. The number of rotatable bonds is 3. The van der Waals surface area contributed by atoms with Gasteiger partial charge in [-0.2, -0.15) is 0 Å². The summed E-state index contributed by atoms with van der Waals surface area (Å²) >= 11 is 11.6. The van der Waals surface area contributed by atoms with E-state index in [1.165, 1.54) is 13.0 Å². The van der Waals surface area contributed by atoms with Crippen LogP contribution in [-0.4, -0.2) is 12.3 Å². The summed E-state index contributed by atoms with van der Waals surface area (Å²) in [6.07, 6.45) is 0.571. The molecule has 0 fully saturated rings. The molecule has 0 aliphatic rings. The van der Waals surface area contributed by atoms with Gasteiger partial charge >= 0.3 is 5.97 Å². The third-order valence-corrected chi connectivity index (χ3v) is 2.53. The second-order valence-electron chi connectivity index (χ2n) is 2.83. The zero-order chi connectivity index (χ0) is 11.4. The minimum atomic E-state index is -0.409. The van der Waals surface area contributed by atoms with Gasteiger partial charge in [0.05, 0.1) is 15.6 Å². The second-order valence-corrected chi connectivity index (χ2v) is 3.62. The standard InChI is InChI=1S/C10H8Cl2O3/c1-6(14)15-5-7-2-3-9(11)8(4-13)10(7)12/h2-4H,5H2,1H3. The van der Waals surface area contributed by atoms with Crippen LogP contribution in [0.5, 0.6) is 0 Å². The van der Waals surface area contributed by atoms with E-state index in [4.69, 9.17) is 27.9 Å². The Morgan fingerprint density at radius 3 is 2.67 bits per heavy atom. The van der Waals surface area contributed by atoms with Gasteiger partial charge in [-0.05, 0) is 6.07 Å². The Hall–Kier alpha value is -1.06. The van der Waals surface area contributed by atoms with Crippen LogP contribution in [-0.2, 0) is 16.1 Å². The van der Waals surface area contributed by atoms with Gasteiger partial charge in [-0.1, -0.05) is 29.3 Å². The number of hydrogen-bond donors (Lipinski definition) is 0. The maximum absolute atomic E-state index is 10.7. The summed E-state index contributed by atoms with van der Waals surface area (Å²) in [6.45, 7) is 1.33. The predicted molar refractivity (Wildman–Crippen MR) is 57.3 cm³/mol. The molecule has 0 bridgehead atoms. The average Bonchev–Trinajstić information content (AvgIpc) is 2.17. The van der Waals surface area contributed by atoms with Crippen molar-refractivity contribution in [3.05, 3.63) is 33.3 Å². The minimum absolute atomic E-state index is 0.0339. The Balaban J connectivity index is 2.99.